The molecule has 0 spiro atoms. The van der Waals surface area contributed by atoms with Gasteiger partial charge in [0.1, 0.15) is 0 Å². The lowest BCUT2D eigenvalue weighted by Crippen LogP contribution is -2.28. The van der Waals surface area contributed by atoms with Crippen LogP contribution in [-0.2, 0) is 4.74 Å². The van der Waals surface area contributed by atoms with E-state index in [2.05, 4.69) is 5.32 Å². The van der Waals surface area contributed by atoms with E-state index in [0.717, 1.165) is 0 Å². The van der Waals surface area contributed by atoms with Gasteiger partial charge in [-0.05, 0) is 32.0 Å². The summed E-state index contributed by atoms with van der Waals surface area (Å²) in [7, 11) is 0. The number of halogens is 2. The molecule has 3 nitrogen and oxygen atoms in total. The monoisotopic (exact) mass is 275 g/mol. The Labute approximate surface area is 111 Å². The number of amides is 1. The number of benzene rings is 1. The summed E-state index contributed by atoms with van der Waals surface area (Å²) in [5.74, 6) is -0.223. The van der Waals surface area contributed by atoms with Crippen LogP contribution in [0.25, 0.3) is 0 Å². The van der Waals surface area contributed by atoms with Gasteiger partial charge in [0.05, 0.1) is 23.3 Å². The molecule has 0 aliphatic carbocycles. The number of ether oxygens (including phenoxy) is 1. The molecule has 94 valence electrons. The third-order valence-electron chi connectivity index (χ3n) is 2.01. The topological polar surface area (TPSA) is 38.3 Å². The maximum atomic E-state index is 11.7. The highest BCUT2D eigenvalue weighted by atomic mass is 35.5. The van der Waals surface area contributed by atoms with Crippen molar-refractivity contribution >= 4 is 29.1 Å². The molecule has 5 heteroatoms. The van der Waals surface area contributed by atoms with Crippen molar-refractivity contribution in [2.24, 2.45) is 0 Å². The van der Waals surface area contributed by atoms with E-state index >= 15 is 0 Å². The van der Waals surface area contributed by atoms with E-state index in [1.54, 1.807) is 18.2 Å². The van der Waals surface area contributed by atoms with Crippen molar-refractivity contribution in [2.75, 3.05) is 13.2 Å². The minimum atomic E-state index is -0.223. The maximum Gasteiger partial charge on any atom is 0.252 e. The van der Waals surface area contributed by atoms with Gasteiger partial charge in [0.2, 0.25) is 0 Å². The Kier molecular flexibility index (Phi) is 5.75. The molecule has 1 rings (SSSR count). The highest BCUT2D eigenvalue weighted by Crippen LogP contribution is 2.20. The first-order valence-corrected chi connectivity index (χ1v) is 6.11. The van der Waals surface area contributed by atoms with E-state index in [9.17, 15) is 4.79 Å². The first-order chi connectivity index (χ1) is 8.00. The van der Waals surface area contributed by atoms with E-state index in [1.165, 1.54) is 0 Å². The zero-order valence-corrected chi connectivity index (χ0v) is 11.3. The second kappa shape index (κ2) is 6.84. The van der Waals surface area contributed by atoms with Crippen molar-refractivity contribution in [1.29, 1.82) is 0 Å². The minimum absolute atomic E-state index is 0.158. The summed E-state index contributed by atoms with van der Waals surface area (Å²) < 4.78 is 5.31. The van der Waals surface area contributed by atoms with Gasteiger partial charge in [0.15, 0.2) is 0 Å². The fourth-order valence-corrected chi connectivity index (χ4v) is 1.72. The lowest BCUT2D eigenvalue weighted by atomic mass is 10.2. The van der Waals surface area contributed by atoms with Crippen molar-refractivity contribution in [3.63, 3.8) is 0 Å². The van der Waals surface area contributed by atoms with Crippen LogP contribution in [0.2, 0.25) is 10.0 Å². The number of carbonyl (C=O) groups excluding carboxylic acids is 1. The Bertz CT molecular complexity index is 394. The second-order valence-electron chi connectivity index (χ2n) is 3.80. The summed E-state index contributed by atoms with van der Waals surface area (Å²) in [4.78, 5) is 11.7. The van der Waals surface area contributed by atoms with Gasteiger partial charge >= 0.3 is 0 Å². The van der Waals surface area contributed by atoms with Crippen LogP contribution in [0.1, 0.15) is 24.2 Å². The van der Waals surface area contributed by atoms with Crippen LogP contribution in [0.3, 0.4) is 0 Å². The van der Waals surface area contributed by atoms with E-state index in [1.807, 2.05) is 13.8 Å². The molecule has 17 heavy (non-hydrogen) atoms. The molecule has 0 atom stereocenters. The van der Waals surface area contributed by atoms with Gasteiger partial charge in [-0.3, -0.25) is 4.79 Å². The minimum Gasteiger partial charge on any atom is -0.377 e. The molecule has 0 bridgehead atoms. The Balaban J connectivity index is 2.47. The van der Waals surface area contributed by atoms with Gasteiger partial charge in [0, 0.05) is 11.6 Å². The van der Waals surface area contributed by atoms with Crippen LogP contribution >= 0.6 is 23.2 Å². The molecule has 0 saturated carbocycles. The SMILES string of the molecule is CC(C)OCCNC(=O)c1ccc(Cl)cc1Cl. The number of hydrogen-bond acceptors (Lipinski definition) is 2. The molecule has 1 N–H and O–H groups in total. The lowest BCUT2D eigenvalue weighted by Gasteiger charge is -2.09. The van der Waals surface area contributed by atoms with Gasteiger partial charge in [-0.1, -0.05) is 23.2 Å². The summed E-state index contributed by atoms with van der Waals surface area (Å²) in [5.41, 5.74) is 0.417. The van der Waals surface area contributed by atoms with Crippen molar-refractivity contribution in [2.45, 2.75) is 20.0 Å². The average Bonchev–Trinajstić information content (AvgIpc) is 2.23. The fourth-order valence-electron chi connectivity index (χ4n) is 1.23. The predicted molar refractivity (Wildman–Crippen MR) is 69.9 cm³/mol. The molecule has 1 aromatic rings. The summed E-state index contributed by atoms with van der Waals surface area (Å²) in [6.07, 6.45) is 0.158. The fraction of sp³-hybridized carbons (Fsp3) is 0.417. The average molecular weight is 276 g/mol. The van der Waals surface area contributed by atoms with E-state index < -0.39 is 0 Å². The first kappa shape index (κ1) is 14.3. The molecule has 0 unspecified atom stereocenters. The Hall–Kier alpha value is -0.770. The van der Waals surface area contributed by atoms with Gasteiger partial charge < -0.3 is 10.1 Å². The highest BCUT2D eigenvalue weighted by Gasteiger charge is 2.09. The third-order valence-corrected chi connectivity index (χ3v) is 2.56. The molecule has 0 aliphatic heterocycles. The van der Waals surface area contributed by atoms with Crippen LogP contribution in [0, 0.1) is 0 Å². The van der Waals surface area contributed by atoms with Crippen molar-refractivity contribution in [1.82, 2.24) is 5.32 Å². The quantitative estimate of drug-likeness (QED) is 0.839. The zero-order chi connectivity index (χ0) is 12.8. The summed E-state index contributed by atoms with van der Waals surface area (Å²) in [6.45, 7) is 4.82. The Morgan fingerprint density at radius 3 is 2.71 bits per heavy atom. The van der Waals surface area contributed by atoms with Gasteiger partial charge in [-0.25, -0.2) is 0 Å². The molecule has 0 radical (unpaired) electrons. The van der Waals surface area contributed by atoms with Crippen molar-refractivity contribution < 1.29 is 9.53 Å². The smallest absolute Gasteiger partial charge is 0.252 e. The maximum absolute atomic E-state index is 11.7. The van der Waals surface area contributed by atoms with Crippen LogP contribution < -0.4 is 5.32 Å². The predicted octanol–water partition coefficient (Wildman–Crippen LogP) is 3.15. The van der Waals surface area contributed by atoms with Crippen LogP contribution in [0.15, 0.2) is 18.2 Å². The molecular weight excluding hydrogens is 261 g/mol. The number of hydrogen-bond donors (Lipinski definition) is 1. The largest absolute Gasteiger partial charge is 0.377 e. The molecular formula is C12H15Cl2NO2. The molecule has 0 aromatic heterocycles. The molecule has 0 heterocycles. The lowest BCUT2D eigenvalue weighted by molar-refractivity contribution is 0.0746. The van der Waals surface area contributed by atoms with Crippen LogP contribution in [-0.4, -0.2) is 25.2 Å². The summed E-state index contributed by atoms with van der Waals surface area (Å²) in [5, 5.41) is 3.58. The summed E-state index contributed by atoms with van der Waals surface area (Å²) in [6, 6.07) is 4.78. The van der Waals surface area contributed by atoms with E-state index in [4.69, 9.17) is 27.9 Å². The van der Waals surface area contributed by atoms with E-state index in [0.29, 0.717) is 28.8 Å². The number of nitrogens with one attached hydrogen (secondary N) is 1. The second-order valence-corrected chi connectivity index (χ2v) is 4.64. The molecule has 0 fully saturated rings. The zero-order valence-electron chi connectivity index (χ0n) is 9.80. The van der Waals surface area contributed by atoms with Gasteiger partial charge in [-0.2, -0.15) is 0 Å². The standard InChI is InChI=1S/C12H15Cl2NO2/c1-8(2)17-6-5-15-12(16)10-4-3-9(13)7-11(10)14/h3-4,7-8H,5-6H2,1-2H3,(H,15,16). The Morgan fingerprint density at radius 2 is 2.12 bits per heavy atom. The van der Waals surface area contributed by atoms with Crippen LogP contribution in [0.4, 0.5) is 0 Å². The van der Waals surface area contributed by atoms with Gasteiger partial charge in [0.25, 0.3) is 5.91 Å². The van der Waals surface area contributed by atoms with Gasteiger partial charge in [-0.15, -0.1) is 0 Å². The molecule has 0 aliphatic rings. The number of carbonyl (C=O) groups is 1. The first-order valence-electron chi connectivity index (χ1n) is 5.35. The highest BCUT2D eigenvalue weighted by molar-refractivity contribution is 6.36. The Morgan fingerprint density at radius 1 is 1.41 bits per heavy atom. The molecule has 1 amide bonds. The van der Waals surface area contributed by atoms with Crippen LogP contribution in [0.5, 0.6) is 0 Å². The molecule has 0 saturated heterocycles. The van der Waals surface area contributed by atoms with Crippen molar-refractivity contribution in [3.05, 3.63) is 33.8 Å². The van der Waals surface area contributed by atoms with E-state index in [-0.39, 0.29) is 12.0 Å². The normalized spacial score (nSPS) is 10.6. The molecule has 1 aromatic carbocycles. The summed E-state index contributed by atoms with van der Waals surface area (Å²) >= 11 is 11.7. The van der Waals surface area contributed by atoms with Crippen molar-refractivity contribution in [3.8, 4) is 0 Å². The third kappa shape index (κ3) is 4.94. The number of rotatable bonds is 5.